The first kappa shape index (κ1) is 17.8. The normalized spacial score (nSPS) is 14.5. The lowest BCUT2D eigenvalue weighted by molar-refractivity contribution is 0.0936. The number of hydrogen-bond acceptors (Lipinski definition) is 2. The van der Waals surface area contributed by atoms with Crippen LogP contribution in [0.3, 0.4) is 0 Å². The van der Waals surface area contributed by atoms with Crippen LogP contribution in [0.5, 0.6) is 0 Å². The molecule has 4 heteroatoms. The zero-order chi connectivity index (χ0) is 18.4. The Morgan fingerprint density at radius 2 is 2.19 bits per heavy atom. The largest absolute Gasteiger partial charge is 0.351 e. The highest BCUT2D eigenvalue weighted by molar-refractivity contribution is 5.98. The van der Waals surface area contributed by atoms with Crippen LogP contribution in [-0.4, -0.2) is 16.9 Å². The molecule has 1 unspecified atom stereocenters. The minimum Gasteiger partial charge on any atom is -0.351 e. The highest BCUT2D eigenvalue weighted by Gasteiger charge is 2.18. The molecular weight excluding hydrogens is 322 g/mol. The standard InChI is InChI=1S/C22H23N3O/c1-2-3-10-19(17-8-6-4-5-7-9-17)25-22(26)21-14-18-13-16(15-23)11-12-20(18)24-21/h4-8,11-14,19,24H,2-3,9-10H2,1H3,(H,25,26). The second kappa shape index (κ2) is 8.35. The van der Waals surface area contributed by atoms with Gasteiger partial charge in [-0.25, -0.2) is 0 Å². The fourth-order valence-corrected chi connectivity index (χ4v) is 3.17. The predicted molar refractivity (Wildman–Crippen MR) is 105 cm³/mol. The maximum Gasteiger partial charge on any atom is 0.268 e. The van der Waals surface area contributed by atoms with Gasteiger partial charge >= 0.3 is 0 Å². The van der Waals surface area contributed by atoms with Gasteiger partial charge in [0.05, 0.1) is 17.7 Å². The number of nitrogens with one attached hydrogen (secondary N) is 2. The van der Waals surface area contributed by atoms with Gasteiger partial charge in [-0.1, -0.05) is 50.1 Å². The molecule has 1 atom stereocenters. The first-order valence-electron chi connectivity index (χ1n) is 9.07. The van der Waals surface area contributed by atoms with Gasteiger partial charge in [0.1, 0.15) is 5.69 Å². The third kappa shape index (κ3) is 4.12. The van der Waals surface area contributed by atoms with Gasteiger partial charge in [0, 0.05) is 10.9 Å². The molecule has 26 heavy (non-hydrogen) atoms. The van der Waals surface area contributed by atoms with E-state index in [2.05, 4.69) is 35.4 Å². The fraction of sp³-hybridized carbons (Fsp3) is 0.273. The summed E-state index contributed by atoms with van der Waals surface area (Å²) in [5.41, 5.74) is 3.20. The van der Waals surface area contributed by atoms with E-state index in [1.807, 2.05) is 30.4 Å². The van der Waals surface area contributed by atoms with Crippen molar-refractivity contribution in [2.45, 2.75) is 38.6 Å². The highest BCUT2D eigenvalue weighted by Crippen LogP contribution is 2.20. The van der Waals surface area contributed by atoms with Crippen LogP contribution in [0.4, 0.5) is 0 Å². The summed E-state index contributed by atoms with van der Waals surface area (Å²) in [7, 11) is 0. The molecule has 132 valence electrons. The average Bonchev–Trinajstić information content (AvgIpc) is 2.90. The Hall–Kier alpha value is -3.06. The van der Waals surface area contributed by atoms with Crippen molar-refractivity contribution in [2.75, 3.05) is 0 Å². The van der Waals surface area contributed by atoms with E-state index >= 15 is 0 Å². The first-order chi connectivity index (χ1) is 12.7. The number of H-pyrrole nitrogens is 1. The van der Waals surface area contributed by atoms with Crippen molar-refractivity contribution in [3.63, 3.8) is 0 Å². The number of allylic oxidation sites excluding steroid dienone is 5. The van der Waals surface area contributed by atoms with E-state index in [1.54, 1.807) is 12.1 Å². The Labute approximate surface area is 153 Å². The molecule has 2 aromatic rings. The molecule has 1 heterocycles. The molecule has 0 aliphatic heterocycles. The number of hydrogen-bond donors (Lipinski definition) is 2. The molecule has 2 N–H and O–H groups in total. The van der Waals surface area contributed by atoms with Crippen LogP contribution in [0.25, 0.3) is 10.9 Å². The van der Waals surface area contributed by atoms with E-state index in [-0.39, 0.29) is 11.9 Å². The molecule has 3 rings (SSSR count). The van der Waals surface area contributed by atoms with Crippen molar-refractivity contribution in [1.29, 1.82) is 5.26 Å². The minimum atomic E-state index is -0.112. The van der Waals surface area contributed by atoms with E-state index in [9.17, 15) is 4.79 Å². The molecule has 1 aromatic carbocycles. The van der Waals surface area contributed by atoms with Gasteiger partial charge in [0.25, 0.3) is 5.91 Å². The zero-order valence-electron chi connectivity index (χ0n) is 15.0. The fourth-order valence-electron chi connectivity index (χ4n) is 3.17. The maximum atomic E-state index is 12.8. The average molecular weight is 345 g/mol. The molecule has 1 aliphatic rings. The summed E-state index contributed by atoms with van der Waals surface area (Å²) in [4.78, 5) is 16.0. The minimum absolute atomic E-state index is 0.0240. The number of unbranched alkanes of at least 4 members (excludes halogenated alkanes) is 1. The second-order valence-corrected chi connectivity index (χ2v) is 6.52. The third-order valence-corrected chi connectivity index (χ3v) is 4.62. The predicted octanol–water partition coefficient (Wildman–Crippen LogP) is 4.77. The number of nitriles is 1. The Balaban J connectivity index is 1.80. The van der Waals surface area contributed by atoms with Crippen LogP contribution in [0.1, 0.15) is 48.7 Å². The molecule has 0 spiro atoms. The molecule has 0 saturated heterocycles. The Morgan fingerprint density at radius 3 is 3.00 bits per heavy atom. The van der Waals surface area contributed by atoms with Crippen molar-refractivity contribution in [3.8, 4) is 6.07 Å². The second-order valence-electron chi connectivity index (χ2n) is 6.52. The van der Waals surface area contributed by atoms with Gasteiger partial charge in [-0.05, 0) is 42.7 Å². The van der Waals surface area contributed by atoms with E-state index in [1.165, 1.54) is 5.57 Å². The number of benzene rings is 1. The number of amides is 1. The summed E-state index contributed by atoms with van der Waals surface area (Å²) >= 11 is 0. The number of rotatable bonds is 6. The molecule has 1 aliphatic carbocycles. The third-order valence-electron chi connectivity index (χ3n) is 4.62. The SMILES string of the molecule is CCCCC(NC(=O)c1cc2cc(C#N)ccc2[nH]1)C1=CC=CC=CC1. The Kier molecular flexibility index (Phi) is 5.70. The molecule has 4 nitrogen and oxygen atoms in total. The van der Waals surface area contributed by atoms with Gasteiger partial charge in [-0.2, -0.15) is 5.26 Å². The van der Waals surface area contributed by atoms with Crippen molar-refractivity contribution >= 4 is 16.8 Å². The maximum absolute atomic E-state index is 12.8. The Morgan fingerprint density at radius 1 is 1.31 bits per heavy atom. The van der Waals surface area contributed by atoms with Crippen molar-refractivity contribution < 1.29 is 4.79 Å². The topological polar surface area (TPSA) is 68.7 Å². The molecule has 1 amide bonds. The Bertz CT molecular complexity index is 925. The summed E-state index contributed by atoms with van der Waals surface area (Å²) in [5, 5.41) is 13.1. The zero-order valence-corrected chi connectivity index (χ0v) is 15.0. The summed E-state index contributed by atoms with van der Waals surface area (Å²) < 4.78 is 0. The van der Waals surface area contributed by atoms with Crippen LogP contribution in [0.2, 0.25) is 0 Å². The smallest absolute Gasteiger partial charge is 0.268 e. The molecule has 1 aromatic heterocycles. The quantitative estimate of drug-likeness (QED) is 0.792. The van der Waals surface area contributed by atoms with Gasteiger partial charge in [-0.15, -0.1) is 0 Å². The van der Waals surface area contributed by atoms with Crippen molar-refractivity contribution in [3.05, 3.63) is 71.5 Å². The summed E-state index contributed by atoms with van der Waals surface area (Å²) in [6, 6.07) is 9.34. The molecule has 0 radical (unpaired) electrons. The summed E-state index contributed by atoms with van der Waals surface area (Å²) in [6.07, 6.45) is 14.2. The van der Waals surface area contributed by atoms with Gasteiger partial charge in [-0.3, -0.25) is 4.79 Å². The van der Waals surface area contributed by atoms with Gasteiger partial charge < -0.3 is 10.3 Å². The summed E-state index contributed by atoms with van der Waals surface area (Å²) in [6.45, 7) is 2.16. The van der Waals surface area contributed by atoms with Crippen molar-refractivity contribution in [2.24, 2.45) is 0 Å². The molecule has 0 fully saturated rings. The van der Waals surface area contributed by atoms with Crippen molar-refractivity contribution in [1.82, 2.24) is 10.3 Å². The lowest BCUT2D eigenvalue weighted by Gasteiger charge is -2.21. The van der Waals surface area contributed by atoms with Crippen LogP contribution in [0, 0.1) is 11.3 Å². The number of carbonyl (C=O) groups excluding carboxylic acids is 1. The molecule has 0 saturated carbocycles. The monoisotopic (exact) mass is 345 g/mol. The van der Waals surface area contributed by atoms with E-state index < -0.39 is 0 Å². The van der Waals surface area contributed by atoms with Crippen LogP contribution >= 0.6 is 0 Å². The van der Waals surface area contributed by atoms with Gasteiger partial charge in [0.2, 0.25) is 0 Å². The number of aromatic nitrogens is 1. The molecule has 0 bridgehead atoms. The van der Waals surface area contributed by atoms with E-state index in [4.69, 9.17) is 5.26 Å². The van der Waals surface area contributed by atoms with E-state index in [0.29, 0.717) is 11.3 Å². The first-order valence-corrected chi connectivity index (χ1v) is 9.07. The molecular formula is C22H23N3O. The number of carbonyl (C=O) groups is 1. The summed E-state index contributed by atoms with van der Waals surface area (Å²) in [5.74, 6) is -0.112. The van der Waals surface area contributed by atoms with Crippen LogP contribution in [0.15, 0.2) is 60.2 Å². The van der Waals surface area contributed by atoms with Gasteiger partial charge in [0.15, 0.2) is 0 Å². The number of aromatic amines is 1. The van der Waals surface area contributed by atoms with Crippen LogP contribution in [-0.2, 0) is 0 Å². The number of nitrogens with zero attached hydrogens (tertiary/aromatic N) is 1. The number of fused-ring (bicyclic) bond motifs is 1. The van der Waals surface area contributed by atoms with Crippen LogP contribution < -0.4 is 5.32 Å². The van der Waals surface area contributed by atoms with E-state index in [0.717, 1.165) is 36.6 Å². The lowest BCUT2D eigenvalue weighted by atomic mass is 9.98. The highest BCUT2D eigenvalue weighted by atomic mass is 16.1. The lowest BCUT2D eigenvalue weighted by Crippen LogP contribution is -2.36.